The van der Waals surface area contributed by atoms with Crippen LogP contribution in [0.15, 0.2) is 22.9 Å². The van der Waals surface area contributed by atoms with Crippen LogP contribution >= 0.6 is 0 Å². The molecule has 3 aliphatic rings. The summed E-state index contributed by atoms with van der Waals surface area (Å²) in [5.41, 5.74) is 1.04. The molecule has 1 atom stereocenters. The highest BCUT2D eigenvalue weighted by molar-refractivity contribution is 5.99. The molecule has 3 fully saturated rings. The van der Waals surface area contributed by atoms with Crippen LogP contribution < -0.4 is 9.80 Å². The zero-order valence-corrected chi connectivity index (χ0v) is 18.3. The smallest absolute Gasteiger partial charge is 0.266 e. The second-order valence-corrected chi connectivity index (χ2v) is 8.73. The molecule has 0 N–H and O–H groups in total. The first-order valence-electron chi connectivity index (χ1n) is 11.3. The highest BCUT2D eigenvalue weighted by Gasteiger charge is 2.39. The zero-order valence-electron chi connectivity index (χ0n) is 18.3. The summed E-state index contributed by atoms with van der Waals surface area (Å²) in [7, 11) is 0. The van der Waals surface area contributed by atoms with Crippen LogP contribution in [0.1, 0.15) is 36.6 Å². The second-order valence-electron chi connectivity index (χ2n) is 8.73. The number of hydrogen-bond acceptors (Lipinski definition) is 8. The number of pyridine rings is 1. The molecule has 0 aliphatic carbocycles. The molecule has 170 valence electrons. The number of anilines is 2. The number of carbonyl (C=O) groups excluding carboxylic acids is 2. The summed E-state index contributed by atoms with van der Waals surface area (Å²) in [4.78, 5) is 40.1. The van der Waals surface area contributed by atoms with Crippen molar-refractivity contribution in [3.05, 3.63) is 29.8 Å². The molecular formula is C22H28N6O4. The Morgan fingerprint density at radius 1 is 1.12 bits per heavy atom. The Balaban J connectivity index is 1.16. The molecule has 10 heteroatoms. The minimum atomic E-state index is -0.321. The quantitative estimate of drug-likeness (QED) is 0.702. The maximum absolute atomic E-state index is 13.1. The Bertz CT molecular complexity index is 963. The number of hydrogen-bond donors (Lipinski definition) is 0. The molecule has 2 aromatic heterocycles. The van der Waals surface area contributed by atoms with Crippen LogP contribution in [-0.2, 0) is 14.3 Å². The lowest BCUT2D eigenvalue weighted by atomic mass is 9.95. The molecule has 0 saturated carbocycles. The normalized spacial score (nSPS) is 22.6. The van der Waals surface area contributed by atoms with Gasteiger partial charge in [0.25, 0.3) is 5.95 Å². The molecule has 32 heavy (non-hydrogen) atoms. The topological polar surface area (TPSA) is 105 Å². The lowest BCUT2D eigenvalue weighted by molar-refractivity contribution is -0.136. The van der Waals surface area contributed by atoms with Crippen molar-refractivity contribution in [3.8, 4) is 0 Å². The Hall–Kier alpha value is -3.01. The fourth-order valence-electron chi connectivity index (χ4n) is 4.60. The van der Waals surface area contributed by atoms with Crippen molar-refractivity contribution in [1.29, 1.82) is 0 Å². The van der Waals surface area contributed by atoms with Gasteiger partial charge in [-0.25, -0.2) is 4.98 Å². The maximum atomic E-state index is 13.1. The van der Waals surface area contributed by atoms with Crippen molar-refractivity contribution < 1.29 is 18.8 Å². The molecule has 0 aromatic carbocycles. The van der Waals surface area contributed by atoms with E-state index in [2.05, 4.69) is 20.0 Å². The Kier molecular flexibility index (Phi) is 5.77. The molecule has 0 spiro atoms. The molecule has 2 aromatic rings. The van der Waals surface area contributed by atoms with Gasteiger partial charge in [0.15, 0.2) is 0 Å². The lowest BCUT2D eigenvalue weighted by Crippen LogP contribution is -2.42. The van der Waals surface area contributed by atoms with E-state index in [1.807, 2.05) is 24.0 Å². The number of morpholine rings is 1. The summed E-state index contributed by atoms with van der Waals surface area (Å²) in [6, 6.07) is 3.76. The second kappa shape index (κ2) is 8.85. The number of rotatable bonds is 4. The molecule has 3 saturated heterocycles. The lowest BCUT2D eigenvalue weighted by Gasteiger charge is -2.32. The summed E-state index contributed by atoms with van der Waals surface area (Å²) in [5.74, 6) is 1.71. The van der Waals surface area contributed by atoms with Crippen LogP contribution in [0.3, 0.4) is 0 Å². The van der Waals surface area contributed by atoms with E-state index in [4.69, 9.17) is 9.26 Å². The van der Waals surface area contributed by atoms with E-state index in [1.165, 1.54) is 0 Å². The van der Waals surface area contributed by atoms with Gasteiger partial charge in [-0.05, 0) is 36.6 Å². The van der Waals surface area contributed by atoms with E-state index in [1.54, 1.807) is 11.1 Å². The van der Waals surface area contributed by atoms with Crippen LogP contribution in [-0.4, -0.2) is 77.8 Å². The number of nitrogens with zero attached hydrogens (tertiary/aromatic N) is 6. The Labute approximate surface area is 186 Å². The third-order valence-corrected chi connectivity index (χ3v) is 6.53. The van der Waals surface area contributed by atoms with Crippen molar-refractivity contribution in [2.45, 2.75) is 32.1 Å². The standard InChI is InChI=1S/C22H28N6O4/c1-15-2-3-18(23-13-15)28-14-17(12-19(28)29)21(30)26-6-4-16(5-7-26)20-24-22(25-32-20)27-8-10-31-11-9-27/h2-3,13,16-17H,4-12,14H2,1H3. The fourth-order valence-corrected chi connectivity index (χ4v) is 4.60. The van der Waals surface area contributed by atoms with Crippen molar-refractivity contribution in [2.75, 3.05) is 55.7 Å². The van der Waals surface area contributed by atoms with Gasteiger partial charge in [-0.15, -0.1) is 0 Å². The molecule has 1 unspecified atom stereocenters. The SMILES string of the molecule is Cc1ccc(N2CC(C(=O)N3CCC(c4nc(N5CCOCC5)no4)CC3)CC2=O)nc1. The van der Waals surface area contributed by atoms with Gasteiger partial charge in [0.1, 0.15) is 5.82 Å². The van der Waals surface area contributed by atoms with E-state index in [-0.39, 0.29) is 30.1 Å². The van der Waals surface area contributed by atoms with Gasteiger partial charge >= 0.3 is 0 Å². The Morgan fingerprint density at radius 2 is 1.91 bits per heavy atom. The molecule has 2 amide bonds. The maximum Gasteiger partial charge on any atom is 0.266 e. The third kappa shape index (κ3) is 4.19. The fraction of sp³-hybridized carbons (Fsp3) is 0.591. The van der Waals surface area contributed by atoms with E-state index in [9.17, 15) is 9.59 Å². The number of amides is 2. The Morgan fingerprint density at radius 3 is 2.62 bits per heavy atom. The molecule has 5 heterocycles. The number of likely N-dealkylation sites (tertiary alicyclic amines) is 1. The van der Waals surface area contributed by atoms with Gasteiger partial charge in [-0.1, -0.05) is 6.07 Å². The van der Waals surface area contributed by atoms with Gasteiger partial charge in [-0.3, -0.25) is 14.5 Å². The van der Waals surface area contributed by atoms with Crippen LogP contribution in [0.2, 0.25) is 0 Å². The highest BCUT2D eigenvalue weighted by Crippen LogP contribution is 2.31. The minimum absolute atomic E-state index is 0.0453. The van der Waals surface area contributed by atoms with E-state index in [0.717, 1.165) is 31.5 Å². The first kappa shape index (κ1) is 20.9. The van der Waals surface area contributed by atoms with Gasteiger partial charge in [0.2, 0.25) is 17.7 Å². The molecule has 3 aliphatic heterocycles. The van der Waals surface area contributed by atoms with Crippen molar-refractivity contribution in [1.82, 2.24) is 20.0 Å². The molecular weight excluding hydrogens is 412 g/mol. The van der Waals surface area contributed by atoms with Gasteiger partial charge in [0.05, 0.1) is 19.1 Å². The van der Waals surface area contributed by atoms with Crippen LogP contribution in [0, 0.1) is 12.8 Å². The van der Waals surface area contributed by atoms with Crippen LogP contribution in [0.25, 0.3) is 0 Å². The predicted molar refractivity (Wildman–Crippen MR) is 115 cm³/mol. The molecule has 5 rings (SSSR count). The summed E-state index contributed by atoms with van der Waals surface area (Å²) in [6.45, 7) is 6.48. The largest absolute Gasteiger partial charge is 0.378 e. The predicted octanol–water partition coefficient (Wildman–Crippen LogP) is 1.37. The molecule has 10 nitrogen and oxygen atoms in total. The monoisotopic (exact) mass is 440 g/mol. The first-order valence-corrected chi connectivity index (χ1v) is 11.3. The van der Waals surface area contributed by atoms with Crippen LogP contribution in [0.5, 0.6) is 0 Å². The number of aromatic nitrogens is 3. The summed E-state index contributed by atoms with van der Waals surface area (Å²) < 4.78 is 10.9. The van der Waals surface area contributed by atoms with Gasteiger partial charge in [0, 0.05) is 51.3 Å². The number of carbonyl (C=O) groups is 2. The van der Waals surface area contributed by atoms with Crippen molar-refractivity contribution in [3.63, 3.8) is 0 Å². The van der Waals surface area contributed by atoms with Gasteiger partial charge < -0.3 is 19.1 Å². The average molecular weight is 441 g/mol. The molecule has 0 bridgehead atoms. The van der Waals surface area contributed by atoms with Crippen LogP contribution in [0.4, 0.5) is 11.8 Å². The van der Waals surface area contributed by atoms with Crippen molar-refractivity contribution in [2.24, 2.45) is 5.92 Å². The summed E-state index contributed by atoms with van der Waals surface area (Å²) in [5, 5.41) is 4.14. The van der Waals surface area contributed by atoms with E-state index < -0.39 is 0 Å². The molecule has 0 radical (unpaired) electrons. The first-order chi connectivity index (χ1) is 15.6. The highest BCUT2D eigenvalue weighted by atomic mass is 16.5. The van der Waals surface area contributed by atoms with E-state index in [0.29, 0.717) is 50.5 Å². The minimum Gasteiger partial charge on any atom is -0.378 e. The summed E-state index contributed by atoms with van der Waals surface area (Å²) >= 11 is 0. The van der Waals surface area contributed by atoms with Gasteiger partial charge in [-0.2, -0.15) is 4.98 Å². The van der Waals surface area contributed by atoms with E-state index >= 15 is 0 Å². The number of ether oxygens (including phenoxy) is 1. The number of aryl methyl sites for hydroxylation is 1. The number of piperidine rings is 1. The summed E-state index contributed by atoms with van der Waals surface area (Å²) in [6.07, 6.45) is 3.53. The van der Waals surface area contributed by atoms with Crippen molar-refractivity contribution >= 4 is 23.6 Å². The third-order valence-electron chi connectivity index (χ3n) is 6.53. The zero-order chi connectivity index (χ0) is 22.1. The average Bonchev–Trinajstić information content (AvgIpc) is 3.47.